The Morgan fingerprint density at radius 1 is 1.00 bits per heavy atom. The minimum absolute atomic E-state index is 0.0877. The van der Waals surface area contributed by atoms with Gasteiger partial charge in [-0.05, 0) is 23.8 Å². The average Bonchev–Trinajstić information content (AvgIpc) is 3.15. The van der Waals surface area contributed by atoms with Crippen LogP contribution in [-0.4, -0.2) is 21.5 Å². The van der Waals surface area contributed by atoms with Crippen LogP contribution < -0.4 is 11.1 Å². The molecular formula is C19H20N2O3S. The topological polar surface area (TPSA) is 85.3 Å². The first-order chi connectivity index (χ1) is 12.1. The zero-order valence-corrected chi connectivity index (χ0v) is 14.5. The molecule has 25 heavy (non-hydrogen) atoms. The quantitative estimate of drug-likeness (QED) is 0.678. The number of nitrogens with two attached hydrogens (primary N) is 1. The Morgan fingerprint density at radius 3 is 2.48 bits per heavy atom. The minimum atomic E-state index is -3.44. The highest BCUT2D eigenvalue weighted by atomic mass is 32.2. The normalized spacial score (nSPS) is 11.4. The van der Waals surface area contributed by atoms with Crippen LogP contribution in [0.4, 0.5) is 5.69 Å². The van der Waals surface area contributed by atoms with E-state index in [9.17, 15) is 8.42 Å². The maximum Gasteiger partial charge on any atom is 0.182 e. The molecule has 1 aromatic heterocycles. The summed E-state index contributed by atoms with van der Waals surface area (Å²) in [4.78, 5) is 0.313. The monoisotopic (exact) mass is 356 g/mol. The molecule has 0 spiro atoms. The van der Waals surface area contributed by atoms with E-state index in [0.717, 1.165) is 16.8 Å². The third-order valence-electron chi connectivity index (χ3n) is 3.88. The van der Waals surface area contributed by atoms with Gasteiger partial charge in [0.15, 0.2) is 9.84 Å². The van der Waals surface area contributed by atoms with Crippen molar-refractivity contribution in [1.82, 2.24) is 0 Å². The van der Waals surface area contributed by atoms with Crippen LogP contribution in [0, 0.1) is 0 Å². The summed E-state index contributed by atoms with van der Waals surface area (Å²) in [6, 6.07) is 15.9. The SMILES string of the molecule is NCCNc1c(CS(=O)(=O)c2ccccc2)cccc1-c1ccoc1. The summed E-state index contributed by atoms with van der Waals surface area (Å²) < 4.78 is 30.7. The standard InChI is InChI=1S/C19H20N2O3S/c20-10-11-21-19-16(5-4-8-18(19)15-9-12-24-13-15)14-25(22,23)17-6-2-1-3-7-17/h1-9,12-13,21H,10-11,14,20H2. The molecule has 0 aliphatic heterocycles. The van der Waals surface area contributed by atoms with Gasteiger partial charge in [0.2, 0.25) is 0 Å². The van der Waals surface area contributed by atoms with Crippen LogP contribution in [0.2, 0.25) is 0 Å². The van der Waals surface area contributed by atoms with Gasteiger partial charge in [0.1, 0.15) is 0 Å². The first-order valence-corrected chi connectivity index (χ1v) is 9.63. The van der Waals surface area contributed by atoms with Gasteiger partial charge < -0.3 is 15.5 Å². The predicted molar refractivity (Wildman–Crippen MR) is 99.0 cm³/mol. The Labute approximate surface area is 147 Å². The zero-order chi connectivity index (χ0) is 17.7. The summed E-state index contributed by atoms with van der Waals surface area (Å²) in [5.74, 6) is -0.0877. The fourth-order valence-electron chi connectivity index (χ4n) is 2.70. The zero-order valence-electron chi connectivity index (χ0n) is 13.7. The van der Waals surface area contributed by atoms with E-state index in [1.165, 1.54) is 0 Å². The number of benzene rings is 2. The first-order valence-electron chi connectivity index (χ1n) is 7.98. The Kier molecular flexibility index (Phi) is 5.21. The Hall–Kier alpha value is -2.57. The molecule has 0 aliphatic rings. The van der Waals surface area contributed by atoms with E-state index in [1.54, 1.807) is 42.9 Å². The largest absolute Gasteiger partial charge is 0.472 e. The molecule has 3 N–H and O–H groups in total. The molecule has 0 unspecified atom stereocenters. The van der Waals surface area contributed by atoms with Gasteiger partial charge in [0.05, 0.1) is 23.2 Å². The average molecular weight is 356 g/mol. The second-order valence-electron chi connectivity index (χ2n) is 5.64. The molecule has 5 nitrogen and oxygen atoms in total. The fourth-order valence-corrected chi connectivity index (χ4v) is 4.09. The smallest absolute Gasteiger partial charge is 0.182 e. The van der Waals surface area contributed by atoms with Crippen LogP contribution in [0.3, 0.4) is 0 Å². The predicted octanol–water partition coefficient (Wildman–Crippen LogP) is 3.29. The second-order valence-corrected chi connectivity index (χ2v) is 7.63. The fraction of sp³-hybridized carbons (Fsp3) is 0.158. The van der Waals surface area contributed by atoms with Crippen LogP contribution in [0.1, 0.15) is 5.56 Å². The van der Waals surface area contributed by atoms with E-state index in [4.69, 9.17) is 10.2 Å². The molecule has 0 amide bonds. The molecule has 3 rings (SSSR count). The van der Waals surface area contributed by atoms with Gasteiger partial charge in [-0.3, -0.25) is 0 Å². The molecule has 0 aliphatic carbocycles. The van der Waals surface area contributed by atoms with Crippen molar-refractivity contribution >= 4 is 15.5 Å². The Bertz CT molecular complexity index is 921. The Morgan fingerprint density at radius 2 is 1.80 bits per heavy atom. The highest BCUT2D eigenvalue weighted by Gasteiger charge is 2.19. The van der Waals surface area contributed by atoms with Crippen LogP contribution in [0.25, 0.3) is 11.1 Å². The molecular weight excluding hydrogens is 336 g/mol. The molecule has 3 aromatic rings. The maximum atomic E-state index is 12.8. The molecule has 0 bridgehead atoms. The van der Waals surface area contributed by atoms with Crippen molar-refractivity contribution < 1.29 is 12.8 Å². The van der Waals surface area contributed by atoms with E-state index < -0.39 is 9.84 Å². The van der Waals surface area contributed by atoms with Crippen molar-refractivity contribution in [2.24, 2.45) is 5.73 Å². The molecule has 6 heteroatoms. The minimum Gasteiger partial charge on any atom is -0.472 e. The van der Waals surface area contributed by atoms with Gasteiger partial charge in [-0.25, -0.2) is 8.42 Å². The third-order valence-corrected chi connectivity index (χ3v) is 5.56. The summed E-state index contributed by atoms with van der Waals surface area (Å²) in [6.45, 7) is 0.998. The molecule has 0 saturated carbocycles. The number of nitrogens with one attached hydrogen (secondary N) is 1. The molecule has 0 saturated heterocycles. The van der Waals surface area contributed by atoms with Crippen molar-refractivity contribution in [2.75, 3.05) is 18.4 Å². The number of rotatable bonds is 7. The number of sulfone groups is 1. The molecule has 0 atom stereocenters. The highest BCUT2D eigenvalue weighted by Crippen LogP contribution is 2.33. The van der Waals surface area contributed by atoms with Crippen molar-refractivity contribution in [3.63, 3.8) is 0 Å². The van der Waals surface area contributed by atoms with Crippen LogP contribution in [0.5, 0.6) is 0 Å². The van der Waals surface area contributed by atoms with E-state index >= 15 is 0 Å². The molecule has 1 heterocycles. The number of furan rings is 1. The molecule has 0 radical (unpaired) electrons. The lowest BCUT2D eigenvalue weighted by atomic mass is 10.0. The lowest BCUT2D eigenvalue weighted by Gasteiger charge is -2.16. The number of hydrogen-bond donors (Lipinski definition) is 2. The number of anilines is 1. The van der Waals surface area contributed by atoms with E-state index in [1.807, 2.05) is 24.3 Å². The van der Waals surface area contributed by atoms with E-state index in [0.29, 0.717) is 23.5 Å². The van der Waals surface area contributed by atoms with Crippen molar-refractivity contribution in [3.05, 3.63) is 72.7 Å². The van der Waals surface area contributed by atoms with Gasteiger partial charge in [-0.15, -0.1) is 0 Å². The molecule has 0 fully saturated rings. The van der Waals surface area contributed by atoms with E-state index in [2.05, 4.69) is 5.32 Å². The summed E-state index contributed by atoms with van der Waals surface area (Å²) >= 11 is 0. The summed E-state index contributed by atoms with van der Waals surface area (Å²) in [5.41, 5.74) is 8.87. The summed E-state index contributed by atoms with van der Waals surface area (Å²) in [5, 5.41) is 3.26. The van der Waals surface area contributed by atoms with Gasteiger partial charge in [-0.2, -0.15) is 0 Å². The van der Waals surface area contributed by atoms with Gasteiger partial charge >= 0.3 is 0 Å². The van der Waals surface area contributed by atoms with Crippen LogP contribution in [-0.2, 0) is 15.6 Å². The Balaban J connectivity index is 2.02. The van der Waals surface area contributed by atoms with Crippen molar-refractivity contribution in [3.8, 4) is 11.1 Å². The van der Waals surface area contributed by atoms with Gasteiger partial charge in [0.25, 0.3) is 0 Å². The summed E-state index contributed by atoms with van der Waals surface area (Å²) in [7, 11) is -3.44. The lowest BCUT2D eigenvalue weighted by molar-refractivity contribution is 0.568. The number of para-hydroxylation sites is 1. The highest BCUT2D eigenvalue weighted by molar-refractivity contribution is 7.90. The van der Waals surface area contributed by atoms with Gasteiger partial charge in [0, 0.05) is 29.9 Å². The van der Waals surface area contributed by atoms with E-state index in [-0.39, 0.29) is 5.75 Å². The van der Waals surface area contributed by atoms with Crippen LogP contribution in [0.15, 0.2) is 76.4 Å². The lowest BCUT2D eigenvalue weighted by Crippen LogP contribution is -2.16. The van der Waals surface area contributed by atoms with Gasteiger partial charge in [-0.1, -0.05) is 36.4 Å². The third kappa shape index (κ3) is 3.92. The van der Waals surface area contributed by atoms with Crippen molar-refractivity contribution in [1.29, 1.82) is 0 Å². The van der Waals surface area contributed by atoms with Crippen molar-refractivity contribution in [2.45, 2.75) is 10.6 Å². The number of hydrogen-bond acceptors (Lipinski definition) is 5. The maximum absolute atomic E-state index is 12.8. The summed E-state index contributed by atoms with van der Waals surface area (Å²) in [6.07, 6.45) is 3.23. The molecule has 130 valence electrons. The van der Waals surface area contributed by atoms with Crippen LogP contribution >= 0.6 is 0 Å². The molecule has 2 aromatic carbocycles. The second kappa shape index (κ2) is 7.55. The first kappa shape index (κ1) is 17.3.